The number of hydrogen-bond acceptors (Lipinski definition) is 6. The van der Waals surface area contributed by atoms with E-state index in [1.54, 1.807) is 32.3 Å². The lowest BCUT2D eigenvalue weighted by molar-refractivity contribution is -0.0165. The Balaban J connectivity index is 1.65. The Bertz CT molecular complexity index is 1010. The van der Waals surface area contributed by atoms with Crippen LogP contribution in [0.3, 0.4) is 0 Å². The maximum Gasteiger partial charge on any atom is 0.414 e. The van der Waals surface area contributed by atoms with Gasteiger partial charge in [0.05, 0.1) is 12.2 Å². The summed E-state index contributed by atoms with van der Waals surface area (Å²) in [6.45, 7) is 0.584. The van der Waals surface area contributed by atoms with Crippen LogP contribution < -0.4 is 14.2 Å². The van der Waals surface area contributed by atoms with Crippen LogP contribution >= 0.6 is 15.9 Å². The first kappa shape index (κ1) is 18.5. The number of ketones is 1. The Hall–Kier alpha value is -2.84. The van der Waals surface area contributed by atoms with E-state index in [9.17, 15) is 9.59 Å². The molecule has 0 fully saturated rings. The lowest BCUT2D eigenvalue weighted by Crippen LogP contribution is -2.25. The van der Waals surface area contributed by atoms with Gasteiger partial charge < -0.3 is 23.8 Å². The first-order valence-electron chi connectivity index (χ1n) is 8.43. The summed E-state index contributed by atoms with van der Waals surface area (Å²) in [5.41, 5.74) is 2.00. The molecule has 8 heteroatoms. The predicted molar refractivity (Wildman–Crippen MR) is 104 cm³/mol. The van der Waals surface area contributed by atoms with Crippen molar-refractivity contribution in [3.63, 3.8) is 0 Å². The average Bonchev–Trinajstić information content (AvgIpc) is 2.96. The van der Waals surface area contributed by atoms with Crippen molar-refractivity contribution in [3.8, 4) is 17.2 Å². The standard InChI is InChI=1S/C20H16BrNO6/c1-22(2)20(24)27-14-3-4-15-16(8-14)28-17(18(15)23)7-11-5-13(21)6-12-9-25-10-26-19(11)12/h3-8H,9-10H2,1-2H3/b17-7-. The third kappa shape index (κ3) is 3.48. The van der Waals surface area contributed by atoms with E-state index < -0.39 is 6.09 Å². The summed E-state index contributed by atoms with van der Waals surface area (Å²) in [7, 11) is 3.17. The molecule has 0 spiro atoms. The summed E-state index contributed by atoms with van der Waals surface area (Å²) >= 11 is 3.46. The number of ether oxygens (including phenoxy) is 4. The largest absolute Gasteiger partial charge is 0.467 e. The molecule has 0 aromatic heterocycles. The minimum absolute atomic E-state index is 0.153. The number of benzene rings is 2. The minimum atomic E-state index is -0.514. The maximum absolute atomic E-state index is 12.7. The van der Waals surface area contributed by atoms with E-state index in [-0.39, 0.29) is 18.3 Å². The Morgan fingerprint density at radius 1 is 1.25 bits per heavy atom. The SMILES string of the molecule is CN(C)C(=O)Oc1ccc2c(c1)O/C(=C\c1cc(Br)cc3c1OCOC3)C2=O. The number of halogens is 1. The van der Waals surface area contributed by atoms with E-state index in [0.29, 0.717) is 35.0 Å². The normalized spacial score (nSPS) is 16.1. The highest BCUT2D eigenvalue weighted by Crippen LogP contribution is 2.38. The van der Waals surface area contributed by atoms with E-state index in [4.69, 9.17) is 18.9 Å². The van der Waals surface area contributed by atoms with Crippen molar-refractivity contribution in [2.75, 3.05) is 20.9 Å². The van der Waals surface area contributed by atoms with Crippen LogP contribution in [0.5, 0.6) is 17.2 Å². The topological polar surface area (TPSA) is 74.3 Å². The van der Waals surface area contributed by atoms with Gasteiger partial charge in [0.15, 0.2) is 12.6 Å². The van der Waals surface area contributed by atoms with Crippen molar-refractivity contribution in [2.45, 2.75) is 6.61 Å². The Morgan fingerprint density at radius 2 is 2.07 bits per heavy atom. The van der Waals surface area contributed by atoms with Crippen LogP contribution in [-0.4, -0.2) is 37.7 Å². The van der Waals surface area contributed by atoms with Gasteiger partial charge in [0.1, 0.15) is 17.2 Å². The van der Waals surface area contributed by atoms with Crippen molar-refractivity contribution in [1.82, 2.24) is 4.90 Å². The summed E-state index contributed by atoms with van der Waals surface area (Å²) in [6.07, 6.45) is 1.13. The van der Waals surface area contributed by atoms with Crippen LogP contribution in [0.25, 0.3) is 6.08 Å². The van der Waals surface area contributed by atoms with Gasteiger partial charge in [0, 0.05) is 35.8 Å². The Labute approximate surface area is 169 Å². The lowest BCUT2D eigenvalue weighted by atomic mass is 10.1. The molecule has 2 aliphatic heterocycles. The fourth-order valence-corrected chi connectivity index (χ4v) is 3.40. The van der Waals surface area contributed by atoms with Gasteiger partial charge in [-0.2, -0.15) is 0 Å². The van der Waals surface area contributed by atoms with Gasteiger partial charge in [-0.3, -0.25) is 4.79 Å². The van der Waals surface area contributed by atoms with E-state index in [0.717, 1.165) is 10.0 Å². The predicted octanol–water partition coefficient (Wildman–Crippen LogP) is 3.99. The highest BCUT2D eigenvalue weighted by Gasteiger charge is 2.29. The molecule has 0 aliphatic carbocycles. The molecule has 2 aromatic rings. The fourth-order valence-electron chi connectivity index (χ4n) is 2.88. The highest BCUT2D eigenvalue weighted by atomic mass is 79.9. The summed E-state index contributed by atoms with van der Waals surface area (Å²) < 4.78 is 22.7. The summed E-state index contributed by atoms with van der Waals surface area (Å²) in [6, 6.07) is 8.43. The van der Waals surface area contributed by atoms with Gasteiger partial charge in [0.25, 0.3) is 0 Å². The number of nitrogens with zero attached hydrogens (tertiary/aromatic N) is 1. The van der Waals surface area contributed by atoms with Crippen LogP contribution in [0.15, 0.2) is 40.6 Å². The number of Topliss-reactive ketones (excluding diaryl/α,β-unsaturated/α-hetero) is 1. The van der Waals surface area contributed by atoms with Crippen LogP contribution in [0.4, 0.5) is 4.79 Å². The molecule has 2 aromatic carbocycles. The van der Waals surface area contributed by atoms with Crippen molar-refractivity contribution in [3.05, 3.63) is 57.3 Å². The maximum atomic E-state index is 12.7. The second-order valence-electron chi connectivity index (χ2n) is 6.45. The number of carbonyl (C=O) groups excluding carboxylic acids is 2. The number of carbonyl (C=O) groups is 2. The zero-order valence-electron chi connectivity index (χ0n) is 15.2. The quantitative estimate of drug-likeness (QED) is 0.650. The highest BCUT2D eigenvalue weighted by molar-refractivity contribution is 9.10. The van der Waals surface area contributed by atoms with E-state index in [1.165, 1.54) is 11.0 Å². The number of rotatable bonds is 2. The molecule has 0 bridgehead atoms. The molecule has 2 heterocycles. The minimum Gasteiger partial charge on any atom is -0.467 e. The van der Waals surface area contributed by atoms with Gasteiger partial charge in [-0.05, 0) is 30.3 Å². The van der Waals surface area contributed by atoms with E-state index >= 15 is 0 Å². The molecule has 144 valence electrons. The van der Waals surface area contributed by atoms with Gasteiger partial charge >= 0.3 is 6.09 Å². The van der Waals surface area contributed by atoms with Crippen LogP contribution in [-0.2, 0) is 11.3 Å². The zero-order chi connectivity index (χ0) is 19.8. The average molecular weight is 446 g/mol. The van der Waals surface area contributed by atoms with Crippen LogP contribution in [0, 0.1) is 0 Å². The molecule has 0 atom stereocenters. The zero-order valence-corrected chi connectivity index (χ0v) is 16.7. The lowest BCUT2D eigenvalue weighted by Gasteiger charge is -2.20. The monoisotopic (exact) mass is 445 g/mol. The van der Waals surface area contributed by atoms with E-state index in [2.05, 4.69) is 15.9 Å². The van der Waals surface area contributed by atoms with E-state index in [1.807, 2.05) is 12.1 Å². The van der Waals surface area contributed by atoms with Crippen molar-refractivity contribution in [2.24, 2.45) is 0 Å². The van der Waals surface area contributed by atoms with Gasteiger partial charge in [-0.1, -0.05) is 15.9 Å². The van der Waals surface area contributed by atoms with Crippen molar-refractivity contribution < 1.29 is 28.5 Å². The molecule has 4 rings (SSSR count). The molecular weight excluding hydrogens is 430 g/mol. The molecule has 2 aliphatic rings. The molecule has 0 saturated carbocycles. The second kappa shape index (κ2) is 7.29. The van der Waals surface area contributed by atoms with Crippen molar-refractivity contribution in [1.29, 1.82) is 0 Å². The summed E-state index contributed by atoms with van der Waals surface area (Å²) in [5.74, 6) is 1.22. The first-order valence-corrected chi connectivity index (χ1v) is 9.22. The Morgan fingerprint density at radius 3 is 2.86 bits per heavy atom. The number of fused-ring (bicyclic) bond motifs is 2. The fraction of sp³-hybridized carbons (Fsp3) is 0.200. The van der Waals surface area contributed by atoms with Crippen molar-refractivity contribution >= 4 is 33.9 Å². The number of hydrogen-bond donors (Lipinski definition) is 0. The second-order valence-corrected chi connectivity index (χ2v) is 7.37. The van der Waals surface area contributed by atoms with Crippen LogP contribution in [0.1, 0.15) is 21.5 Å². The van der Waals surface area contributed by atoms with Crippen LogP contribution in [0.2, 0.25) is 0 Å². The number of allylic oxidation sites excluding steroid dienone is 1. The van der Waals surface area contributed by atoms with Gasteiger partial charge in [-0.25, -0.2) is 4.79 Å². The molecule has 1 amide bonds. The Kier molecular flexibility index (Phi) is 4.82. The molecule has 28 heavy (non-hydrogen) atoms. The smallest absolute Gasteiger partial charge is 0.414 e. The summed E-state index contributed by atoms with van der Waals surface area (Å²) in [4.78, 5) is 25.7. The third-order valence-electron chi connectivity index (χ3n) is 4.20. The number of amides is 1. The first-order chi connectivity index (χ1) is 13.4. The molecule has 0 unspecified atom stereocenters. The molecule has 0 N–H and O–H groups in total. The molecular formula is C20H16BrNO6. The molecule has 0 saturated heterocycles. The molecule has 7 nitrogen and oxygen atoms in total. The van der Waals surface area contributed by atoms with Gasteiger partial charge in [-0.15, -0.1) is 0 Å². The van der Waals surface area contributed by atoms with Gasteiger partial charge in [0.2, 0.25) is 5.78 Å². The third-order valence-corrected chi connectivity index (χ3v) is 4.66. The summed E-state index contributed by atoms with van der Waals surface area (Å²) in [5, 5.41) is 0. The molecule has 0 radical (unpaired) electrons.